The van der Waals surface area contributed by atoms with Gasteiger partial charge in [-0.25, -0.2) is 4.98 Å². The number of carbonyl (C=O) groups excluding carboxylic acids is 2. The molecule has 0 aliphatic carbocycles. The molecule has 1 aliphatic heterocycles. The van der Waals surface area contributed by atoms with Gasteiger partial charge in [-0.3, -0.25) is 13.8 Å². The fourth-order valence-electron chi connectivity index (χ4n) is 4.35. The highest BCUT2D eigenvalue weighted by molar-refractivity contribution is 7.79. The van der Waals surface area contributed by atoms with E-state index in [0.717, 1.165) is 5.56 Å². The maximum atomic E-state index is 13.7. The van der Waals surface area contributed by atoms with Crippen molar-refractivity contribution in [2.45, 2.75) is 42.8 Å². The van der Waals surface area contributed by atoms with Crippen LogP contribution < -0.4 is 10.6 Å². The van der Waals surface area contributed by atoms with E-state index in [2.05, 4.69) is 21.7 Å². The van der Waals surface area contributed by atoms with Crippen molar-refractivity contribution in [1.82, 2.24) is 15.2 Å². The molecule has 1 unspecified atom stereocenters. The molecule has 2 heterocycles. The van der Waals surface area contributed by atoms with Gasteiger partial charge in [-0.15, -0.1) is 0 Å². The summed E-state index contributed by atoms with van der Waals surface area (Å²) in [6, 6.07) is 19.4. The number of pyridine rings is 1. The Labute approximate surface area is 217 Å². The fraction of sp³-hybridized carbons (Fsp3) is 0.259. The molecule has 1 fully saturated rings. The standard InChI is InChI=1S/C27H27N5O4S/c28-17-19-9-11-20(12-10-19)18-30-26(33)24-7-4-14-32(24)27(34)23(31-25-8-1-2-13-29-25)16-21-5-3-6-22(15-21)37(35)36/h1-3,5-6,8-13,15,23-24H,4,7,14,16,18H2,(H,29,31)(H,30,33)(H,35,36)/p-1/t23-,24+/m1/s1. The van der Waals surface area contributed by atoms with E-state index in [-0.39, 0.29) is 29.7 Å². The van der Waals surface area contributed by atoms with E-state index in [9.17, 15) is 18.4 Å². The Balaban J connectivity index is 1.49. The van der Waals surface area contributed by atoms with Crippen molar-refractivity contribution in [2.75, 3.05) is 11.9 Å². The zero-order valence-electron chi connectivity index (χ0n) is 20.0. The van der Waals surface area contributed by atoms with Crippen molar-refractivity contribution in [2.24, 2.45) is 0 Å². The predicted octanol–water partition coefficient (Wildman–Crippen LogP) is 2.52. The molecule has 1 saturated heterocycles. The second-order valence-electron chi connectivity index (χ2n) is 8.71. The third-order valence-corrected chi connectivity index (χ3v) is 6.84. The van der Waals surface area contributed by atoms with Crippen LogP contribution in [0, 0.1) is 11.3 Å². The molecule has 0 radical (unpaired) electrons. The molecule has 0 bridgehead atoms. The number of likely N-dealkylation sites (tertiary alicyclic amines) is 1. The Morgan fingerprint density at radius 2 is 1.95 bits per heavy atom. The lowest BCUT2D eigenvalue weighted by molar-refractivity contribution is -0.139. The molecule has 37 heavy (non-hydrogen) atoms. The summed E-state index contributed by atoms with van der Waals surface area (Å²) in [5, 5.41) is 15.0. The van der Waals surface area contributed by atoms with Gasteiger partial charge in [-0.2, -0.15) is 5.26 Å². The summed E-state index contributed by atoms with van der Waals surface area (Å²) in [7, 11) is 0. The number of nitrogens with zero attached hydrogens (tertiary/aromatic N) is 3. The minimum Gasteiger partial charge on any atom is -0.768 e. The van der Waals surface area contributed by atoms with Crippen molar-refractivity contribution >= 4 is 28.7 Å². The van der Waals surface area contributed by atoms with Crippen LogP contribution in [0.3, 0.4) is 0 Å². The first-order valence-electron chi connectivity index (χ1n) is 11.9. The summed E-state index contributed by atoms with van der Waals surface area (Å²) in [4.78, 5) is 32.8. The van der Waals surface area contributed by atoms with Gasteiger partial charge in [0.2, 0.25) is 11.8 Å². The second kappa shape index (κ2) is 12.3. The highest BCUT2D eigenvalue weighted by Crippen LogP contribution is 2.22. The van der Waals surface area contributed by atoms with Gasteiger partial charge < -0.3 is 20.1 Å². The van der Waals surface area contributed by atoms with E-state index in [1.165, 1.54) is 12.1 Å². The van der Waals surface area contributed by atoms with Crippen LogP contribution in [0.2, 0.25) is 0 Å². The average Bonchev–Trinajstić information content (AvgIpc) is 3.42. The number of nitrogens with one attached hydrogen (secondary N) is 2. The third kappa shape index (κ3) is 6.78. The molecular formula is C27H26N5O4S-. The van der Waals surface area contributed by atoms with Crippen LogP contribution >= 0.6 is 0 Å². The normalized spacial score (nSPS) is 16.4. The lowest BCUT2D eigenvalue weighted by atomic mass is 10.0. The van der Waals surface area contributed by atoms with Crippen molar-refractivity contribution < 1.29 is 18.4 Å². The molecule has 1 aromatic heterocycles. The molecule has 3 atom stereocenters. The van der Waals surface area contributed by atoms with Crippen molar-refractivity contribution in [3.05, 3.63) is 89.6 Å². The highest BCUT2D eigenvalue weighted by atomic mass is 32.2. The molecule has 190 valence electrons. The summed E-state index contributed by atoms with van der Waals surface area (Å²) in [5.74, 6) is 0.0105. The Kier molecular flexibility index (Phi) is 8.61. The van der Waals surface area contributed by atoms with Crippen LogP contribution in [-0.4, -0.2) is 49.1 Å². The van der Waals surface area contributed by atoms with Crippen LogP contribution in [-0.2, 0) is 33.6 Å². The number of hydrogen-bond acceptors (Lipinski definition) is 7. The number of nitriles is 1. The summed E-state index contributed by atoms with van der Waals surface area (Å²) in [5.41, 5.74) is 2.07. The van der Waals surface area contributed by atoms with E-state index < -0.39 is 23.2 Å². The first-order valence-corrected chi connectivity index (χ1v) is 12.9. The fourth-order valence-corrected chi connectivity index (χ4v) is 4.78. The molecule has 2 aromatic carbocycles. The smallest absolute Gasteiger partial charge is 0.246 e. The summed E-state index contributed by atoms with van der Waals surface area (Å²) in [6.07, 6.45) is 3.07. The quantitative estimate of drug-likeness (QED) is 0.417. The molecule has 1 aliphatic rings. The predicted molar refractivity (Wildman–Crippen MR) is 137 cm³/mol. The lowest BCUT2D eigenvalue weighted by Gasteiger charge is -2.29. The van der Waals surface area contributed by atoms with Crippen molar-refractivity contribution in [3.63, 3.8) is 0 Å². The molecule has 0 spiro atoms. The lowest BCUT2D eigenvalue weighted by Crippen LogP contribution is -2.51. The molecule has 0 saturated carbocycles. The molecule has 4 rings (SSSR count). The zero-order valence-corrected chi connectivity index (χ0v) is 20.8. The Bertz CT molecular complexity index is 1310. The van der Waals surface area contributed by atoms with Gasteiger partial charge in [0.15, 0.2) is 0 Å². The van der Waals surface area contributed by atoms with Crippen LogP contribution in [0.25, 0.3) is 0 Å². The van der Waals surface area contributed by atoms with Crippen molar-refractivity contribution in [3.8, 4) is 6.07 Å². The molecule has 2 amide bonds. The van der Waals surface area contributed by atoms with Gasteiger partial charge in [-0.05, 0) is 71.4 Å². The first-order chi connectivity index (χ1) is 17.9. The monoisotopic (exact) mass is 516 g/mol. The third-order valence-electron chi connectivity index (χ3n) is 6.20. The van der Waals surface area contributed by atoms with E-state index in [4.69, 9.17) is 5.26 Å². The minimum atomic E-state index is -2.38. The van der Waals surface area contributed by atoms with Gasteiger partial charge in [0.1, 0.15) is 17.9 Å². The van der Waals surface area contributed by atoms with Gasteiger partial charge in [0.05, 0.1) is 11.6 Å². The van der Waals surface area contributed by atoms with Crippen LogP contribution in [0.1, 0.15) is 29.5 Å². The highest BCUT2D eigenvalue weighted by Gasteiger charge is 2.37. The largest absolute Gasteiger partial charge is 0.768 e. The van der Waals surface area contributed by atoms with Crippen LogP contribution in [0.15, 0.2) is 77.8 Å². The number of hydrogen-bond donors (Lipinski definition) is 2. The summed E-state index contributed by atoms with van der Waals surface area (Å²) < 4.78 is 22.9. The van der Waals surface area contributed by atoms with Gasteiger partial charge in [0.25, 0.3) is 0 Å². The number of anilines is 1. The van der Waals surface area contributed by atoms with Crippen molar-refractivity contribution in [1.29, 1.82) is 5.26 Å². The van der Waals surface area contributed by atoms with E-state index in [1.807, 2.05) is 0 Å². The van der Waals surface area contributed by atoms with Crippen LogP contribution in [0.5, 0.6) is 0 Å². The summed E-state index contributed by atoms with van der Waals surface area (Å²) in [6.45, 7) is 0.733. The Morgan fingerprint density at radius 3 is 2.65 bits per heavy atom. The number of amides is 2. The second-order valence-corrected chi connectivity index (χ2v) is 9.66. The number of benzene rings is 2. The van der Waals surface area contributed by atoms with E-state index in [1.54, 1.807) is 65.7 Å². The summed E-state index contributed by atoms with van der Waals surface area (Å²) >= 11 is -2.38. The first kappa shape index (κ1) is 26.0. The Hall–Kier alpha value is -4.07. The molecule has 3 aromatic rings. The van der Waals surface area contributed by atoms with E-state index >= 15 is 0 Å². The maximum Gasteiger partial charge on any atom is 0.246 e. The van der Waals surface area contributed by atoms with Gasteiger partial charge >= 0.3 is 0 Å². The number of carbonyl (C=O) groups is 2. The topological polar surface area (TPSA) is 138 Å². The van der Waals surface area contributed by atoms with E-state index in [0.29, 0.717) is 36.3 Å². The number of aromatic nitrogens is 1. The van der Waals surface area contributed by atoms with Crippen LogP contribution in [0.4, 0.5) is 5.82 Å². The molecule has 10 heteroatoms. The number of rotatable bonds is 9. The van der Waals surface area contributed by atoms with Gasteiger partial charge in [0, 0.05) is 30.6 Å². The molecule has 9 nitrogen and oxygen atoms in total. The van der Waals surface area contributed by atoms with Gasteiger partial charge in [-0.1, -0.05) is 30.3 Å². The molecule has 2 N–H and O–H groups in total. The minimum absolute atomic E-state index is 0.141. The SMILES string of the molecule is N#Cc1ccc(CNC(=O)[C@@H]2CCCN2C(=O)[C@@H](Cc2cccc(S(=O)[O-])c2)Nc2ccccn2)cc1. The average molecular weight is 517 g/mol. The molecular weight excluding hydrogens is 490 g/mol. The Morgan fingerprint density at radius 1 is 1.14 bits per heavy atom. The maximum absolute atomic E-state index is 13.7. The zero-order chi connectivity index (χ0) is 26.2.